The van der Waals surface area contributed by atoms with Crippen LogP contribution in [0.15, 0.2) is 24.3 Å². The van der Waals surface area contributed by atoms with Crippen LogP contribution >= 0.6 is 0 Å². The molecule has 0 unspecified atom stereocenters. The molecule has 68 valence electrons. The first-order valence-corrected chi connectivity index (χ1v) is 4.35. The molecule has 13 heavy (non-hydrogen) atoms. The minimum atomic E-state index is 0.421. The Hall–Kier alpha value is -1.51. The smallest absolute Gasteiger partial charge is 0.211 e. The van der Waals surface area contributed by atoms with Crippen LogP contribution in [0.25, 0.3) is 0 Å². The van der Waals surface area contributed by atoms with Crippen molar-refractivity contribution in [3.8, 4) is 5.75 Å². The van der Waals surface area contributed by atoms with Gasteiger partial charge in [0.1, 0.15) is 5.75 Å². The first kappa shape index (κ1) is 8.10. The number of rotatable bonds is 4. The minimum absolute atomic E-state index is 0.421. The summed E-state index contributed by atoms with van der Waals surface area (Å²) in [6, 6.07) is 7.38. The summed E-state index contributed by atoms with van der Waals surface area (Å²) in [6.07, 6.45) is 3.41. The average Bonchev–Trinajstić information content (AvgIpc) is 2.93. The normalized spacial score (nSPS) is 15.1. The van der Waals surface area contributed by atoms with Crippen molar-refractivity contribution in [3.63, 3.8) is 0 Å². The lowest BCUT2D eigenvalue weighted by molar-refractivity contribution is -0.105. The maximum atomic E-state index is 10.1. The number of amides is 1. The molecule has 1 aromatic carbocycles. The van der Waals surface area contributed by atoms with Crippen molar-refractivity contribution >= 4 is 12.1 Å². The van der Waals surface area contributed by atoms with Crippen molar-refractivity contribution in [1.82, 2.24) is 0 Å². The first-order valence-electron chi connectivity index (χ1n) is 4.35. The van der Waals surface area contributed by atoms with Gasteiger partial charge in [-0.05, 0) is 37.1 Å². The summed E-state index contributed by atoms with van der Waals surface area (Å²) in [7, 11) is 0. The summed E-state index contributed by atoms with van der Waals surface area (Å²) >= 11 is 0. The Kier molecular flexibility index (Phi) is 2.17. The van der Waals surface area contributed by atoms with Crippen LogP contribution in [0, 0.1) is 0 Å². The summed E-state index contributed by atoms with van der Waals surface area (Å²) < 4.78 is 5.54. The number of benzene rings is 1. The molecule has 0 atom stereocenters. The summed E-state index contributed by atoms with van der Waals surface area (Å²) in [5.41, 5.74) is 0.790. The molecule has 0 aromatic heterocycles. The maximum absolute atomic E-state index is 10.1. The van der Waals surface area contributed by atoms with Gasteiger partial charge in [0.2, 0.25) is 6.41 Å². The van der Waals surface area contributed by atoms with E-state index in [9.17, 15) is 4.79 Å². The first-order chi connectivity index (χ1) is 6.38. The van der Waals surface area contributed by atoms with Gasteiger partial charge in [-0.15, -0.1) is 0 Å². The SMILES string of the molecule is O=CNc1ccc(OC2CC2)cc1. The Morgan fingerprint density at radius 1 is 1.31 bits per heavy atom. The molecule has 1 amide bonds. The van der Waals surface area contributed by atoms with Gasteiger partial charge in [0.15, 0.2) is 0 Å². The van der Waals surface area contributed by atoms with Crippen LogP contribution in [0.1, 0.15) is 12.8 Å². The Bertz CT molecular complexity index is 290. The van der Waals surface area contributed by atoms with Crippen LogP contribution in [-0.4, -0.2) is 12.5 Å². The lowest BCUT2D eigenvalue weighted by Crippen LogP contribution is -1.96. The van der Waals surface area contributed by atoms with Crippen LogP contribution in [0.4, 0.5) is 5.69 Å². The van der Waals surface area contributed by atoms with E-state index in [4.69, 9.17) is 4.74 Å². The number of carbonyl (C=O) groups excluding carboxylic acids is 1. The van der Waals surface area contributed by atoms with E-state index < -0.39 is 0 Å². The third-order valence-electron chi connectivity index (χ3n) is 1.91. The lowest BCUT2D eigenvalue weighted by Gasteiger charge is -2.04. The van der Waals surface area contributed by atoms with E-state index >= 15 is 0 Å². The molecular formula is C10H11NO2. The van der Waals surface area contributed by atoms with E-state index in [1.165, 1.54) is 0 Å². The van der Waals surface area contributed by atoms with E-state index in [-0.39, 0.29) is 0 Å². The van der Waals surface area contributed by atoms with Gasteiger partial charge in [-0.1, -0.05) is 0 Å². The zero-order valence-corrected chi connectivity index (χ0v) is 7.19. The summed E-state index contributed by atoms with van der Waals surface area (Å²) in [4.78, 5) is 10.1. The van der Waals surface area contributed by atoms with Gasteiger partial charge in [-0.3, -0.25) is 4.79 Å². The minimum Gasteiger partial charge on any atom is -0.490 e. The van der Waals surface area contributed by atoms with Crippen molar-refractivity contribution in [1.29, 1.82) is 0 Å². The molecule has 0 aliphatic heterocycles. The van der Waals surface area contributed by atoms with Crippen molar-refractivity contribution in [2.24, 2.45) is 0 Å². The van der Waals surface area contributed by atoms with Gasteiger partial charge in [-0.25, -0.2) is 0 Å². The van der Waals surface area contributed by atoms with E-state index in [1.54, 1.807) is 0 Å². The fourth-order valence-electron chi connectivity index (χ4n) is 1.08. The number of anilines is 1. The lowest BCUT2D eigenvalue weighted by atomic mass is 10.3. The third-order valence-corrected chi connectivity index (χ3v) is 1.91. The van der Waals surface area contributed by atoms with Crippen molar-refractivity contribution in [2.45, 2.75) is 18.9 Å². The van der Waals surface area contributed by atoms with Crippen molar-refractivity contribution in [2.75, 3.05) is 5.32 Å². The van der Waals surface area contributed by atoms with Gasteiger partial charge in [-0.2, -0.15) is 0 Å². The number of hydrogen-bond donors (Lipinski definition) is 1. The topological polar surface area (TPSA) is 38.3 Å². The number of carbonyl (C=O) groups is 1. The fourth-order valence-corrected chi connectivity index (χ4v) is 1.08. The predicted molar refractivity (Wildman–Crippen MR) is 49.8 cm³/mol. The number of nitrogens with one attached hydrogen (secondary N) is 1. The highest BCUT2D eigenvalue weighted by Crippen LogP contribution is 2.27. The highest BCUT2D eigenvalue weighted by atomic mass is 16.5. The van der Waals surface area contributed by atoms with Crippen LogP contribution in [0.5, 0.6) is 5.75 Å². The molecule has 1 aliphatic carbocycles. The van der Waals surface area contributed by atoms with Gasteiger partial charge in [0.05, 0.1) is 6.10 Å². The molecule has 0 radical (unpaired) electrons. The number of ether oxygens (including phenoxy) is 1. The Morgan fingerprint density at radius 2 is 2.00 bits per heavy atom. The Labute approximate surface area is 76.7 Å². The highest BCUT2D eigenvalue weighted by molar-refractivity contribution is 5.71. The third kappa shape index (κ3) is 2.21. The molecule has 0 spiro atoms. The van der Waals surface area contributed by atoms with E-state index in [0.29, 0.717) is 12.5 Å². The summed E-state index contributed by atoms with van der Waals surface area (Å²) in [6.45, 7) is 0. The molecule has 1 fully saturated rings. The maximum Gasteiger partial charge on any atom is 0.211 e. The Morgan fingerprint density at radius 3 is 2.54 bits per heavy atom. The van der Waals surface area contributed by atoms with Gasteiger partial charge in [0, 0.05) is 5.69 Å². The van der Waals surface area contributed by atoms with Crippen LogP contribution in [0.3, 0.4) is 0 Å². The summed E-state index contributed by atoms with van der Waals surface area (Å²) in [5, 5.41) is 2.57. The highest BCUT2D eigenvalue weighted by Gasteiger charge is 2.23. The quantitative estimate of drug-likeness (QED) is 0.712. The van der Waals surface area contributed by atoms with Crippen LogP contribution < -0.4 is 10.1 Å². The molecule has 1 aliphatic rings. The molecule has 0 bridgehead atoms. The monoisotopic (exact) mass is 177 g/mol. The molecular weight excluding hydrogens is 166 g/mol. The molecule has 1 N–H and O–H groups in total. The van der Waals surface area contributed by atoms with Gasteiger partial charge in [0.25, 0.3) is 0 Å². The van der Waals surface area contributed by atoms with E-state index in [2.05, 4.69) is 5.32 Å². The zero-order chi connectivity index (χ0) is 9.10. The van der Waals surface area contributed by atoms with Gasteiger partial charge >= 0.3 is 0 Å². The zero-order valence-electron chi connectivity index (χ0n) is 7.19. The van der Waals surface area contributed by atoms with E-state index in [1.807, 2.05) is 24.3 Å². The van der Waals surface area contributed by atoms with Gasteiger partial charge < -0.3 is 10.1 Å². The van der Waals surface area contributed by atoms with Crippen molar-refractivity contribution in [3.05, 3.63) is 24.3 Å². The van der Waals surface area contributed by atoms with Crippen molar-refractivity contribution < 1.29 is 9.53 Å². The number of hydrogen-bond acceptors (Lipinski definition) is 2. The fraction of sp³-hybridized carbons (Fsp3) is 0.300. The average molecular weight is 177 g/mol. The molecule has 3 heteroatoms. The van der Waals surface area contributed by atoms with Crippen LogP contribution in [-0.2, 0) is 4.79 Å². The molecule has 0 saturated heterocycles. The predicted octanol–water partition coefficient (Wildman–Crippen LogP) is 1.80. The molecule has 2 rings (SSSR count). The molecule has 1 aromatic rings. The second-order valence-electron chi connectivity index (χ2n) is 3.10. The molecule has 3 nitrogen and oxygen atoms in total. The van der Waals surface area contributed by atoms with E-state index in [0.717, 1.165) is 24.3 Å². The Balaban J connectivity index is 1.99. The largest absolute Gasteiger partial charge is 0.490 e. The second kappa shape index (κ2) is 3.47. The standard InChI is InChI=1S/C10H11NO2/c12-7-11-8-1-3-9(4-2-8)13-10-5-6-10/h1-4,7,10H,5-6H2,(H,11,12). The molecule has 0 heterocycles. The summed E-state index contributed by atoms with van der Waals surface area (Å²) in [5.74, 6) is 0.874. The second-order valence-corrected chi connectivity index (χ2v) is 3.10. The van der Waals surface area contributed by atoms with Crippen LogP contribution in [0.2, 0.25) is 0 Å². The molecule has 1 saturated carbocycles.